The first-order valence-electron chi connectivity index (χ1n) is 9.50. The highest BCUT2D eigenvalue weighted by Crippen LogP contribution is 2.30. The Labute approximate surface area is 178 Å². The second kappa shape index (κ2) is 8.46. The molecule has 0 aliphatic carbocycles. The predicted octanol–water partition coefficient (Wildman–Crippen LogP) is 4.92. The summed E-state index contributed by atoms with van der Waals surface area (Å²) in [7, 11) is 1.99. The maximum Gasteiger partial charge on any atom is 0.303 e. The number of carbonyl (C=O) groups is 1. The largest absolute Gasteiger partial charge is 0.481 e. The number of pyridine rings is 2. The fraction of sp³-hybridized carbons (Fsp3) is 0.182. The number of carboxylic acids is 1. The maximum absolute atomic E-state index is 10.8. The molecule has 4 aromatic rings. The third-order valence-corrected chi connectivity index (χ3v) is 5.57. The summed E-state index contributed by atoms with van der Waals surface area (Å²) in [5.41, 5.74) is 4.01. The predicted molar refractivity (Wildman–Crippen MR) is 120 cm³/mol. The molecule has 152 valence electrons. The standard InChI is InChI=1S/C22H21N5O2S/c1-14-3-6-16(7-4-14)27(2)19-9-8-17-21(26-19)30-22(24-17)25-18-13-15(11-12-23-18)5-10-20(28)29/h3-4,6-9,11-13H,5,10H2,1-2H3,(H,28,29)(H,23,24,25). The Balaban J connectivity index is 1.53. The van der Waals surface area contributed by atoms with Gasteiger partial charge in [0.05, 0.1) is 0 Å². The number of carboxylic acid groups (broad SMARTS) is 1. The highest BCUT2D eigenvalue weighted by atomic mass is 32.1. The molecule has 3 aromatic heterocycles. The highest BCUT2D eigenvalue weighted by Gasteiger charge is 2.11. The van der Waals surface area contributed by atoms with Crippen molar-refractivity contribution in [1.29, 1.82) is 0 Å². The van der Waals surface area contributed by atoms with Gasteiger partial charge in [-0.1, -0.05) is 29.0 Å². The zero-order chi connectivity index (χ0) is 21.1. The summed E-state index contributed by atoms with van der Waals surface area (Å²) < 4.78 is 0. The first-order valence-corrected chi connectivity index (χ1v) is 10.3. The normalized spacial score (nSPS) is 10.9. The lowest BCUT2D eigenvalue weighted by atomic mass is 10.1. The summed E-state index contributed by atoms with van der Waals surface area (Å²) in [5, 5.41) is 12.7. The molecule has 0 radical (unpaired) electrons. The van der Waals surface area contributed by atoms with Crippen LogP contribution >= 0.6 is 11.3 Å². The van der Waals surface area contributed by atoms with Gasteiger partial charge in [0.1, 0.15) is 22.0 Å². The van der Waals surface area contributed by atoms with Crippen molar-refractivity contribution in [2.24, 2.45) is 0 Å². The van der Waals surface area contributed by atoms with Crippen molar-refractivity contribution >= 4 is 50.1 Å². The van der Waals surface area contributed by atoms with E-state index in [1.54, 1.807) is 6.20 Å². The molecular weight excluding hydrogens is 398 g/mol. The minimum atomic E-state index is -0.815. The average Bonchev–Trinajstić information content (AvgIpc) is 3.14. The molecule has 4 rings (SSSR count). The number of thiazole rings is 1. The van der Waals surface area contributed by atoms with Crippen molar-refractivity contribution in [3.8, 4) is 0 Å². The molecule has 0 unspecified atom stereocenters. The van der Waals surface area contributed by atoms with Crippen LogP contribution in [-0.4, -0.2) is 33.1 Å². The van der Waals surface area contributed by atoms with Crippen molar-refractivity contribution in [2.45, 2.75) is 19.8 Å². The number of aromatic nitrogens is 3. The van der Waals surface area contributed by atoms with Crippen LogP contribution in [0.15, 0.2) is 54.7 Å². The van der Waals surface area contributed by atoms with Gasteiger partial charge in [0.15, 0.2) is 5.13 Å². The number of hydrogen-bond acceptors (Lipinski definition) is 7. The maximum atomic E-state index is 10.8. The molecule has 0 saturated heterocycles. The van der Waals surface area contributed by atoms with Crippen LogP contribution in [0.5, 0.6) is 0 Å². The Morgan fingerprint density at radius 3 is 2.70 bits per heavy atom. The number of nitrogens with zero attached hydrogens (tertiary/aromatic N) is 4. The number of aryl methyl sites for hydroxylation is 2. The van der Waals surface area contributed by atoms with Gasteiger partial charge in [-0.05, 0) is 55.3 Å². The Morgan fingerprint density at radius 1 is 1.13 bits per heavy atom. The fourth-order valence-corrected chi connectivity index (χ4v) is 3.85. The summed E-state index contributed by atoms with van der Waals surface area (Å²) >= 11 is 1.45. The third kappa shape index (κ3) is 4.55. The third-order valence-electron chi connectivity index (χ3n) is 4.69. The molecule has 0 atom stereocenters. The molecule has 0 saturated carbocycles. The first kappa shape index (κ1) is 19.8. The monoisotopic (exact) mass is 419 g/mol. The van der Waals surface area contributed by atoms with Crippen LogP contribution in [0.25, 0.3) is 10.3 Å². The molecular formula is C22H21N5O2S. The molecule has 0 amide bonds. The zero-order valence-corrected chi connectivity index (χ0v) is 17.5. The quantitative estimate of drug-likeness (QED) is 0.439. The zero-order valence-electron chi connectivity index (χ0n) is 16.7. The van der Waals surface area contributed by atoms with Gasteiger partial charge < -0.3 is 15.3 Å². The molecule has 0 bridgehead atoms. The van der Waals surface area contributed by atoms with Crippen LogP contribution in [0.1, 0.15) is 17.5 Å². The van der Waals surface area contributed by atoms with Gasteiger partial charge in [-0.25, -0.2) is 15.0 Å². The van der Waals surface area contributed by atoms with E-state index in [0.29, 0.717) is 17.4 Å². The van der Waals surface area contributed by atoms with Gasteiger partial charge in [0.2, 0.25) is 0 Å². The molecule has 0 aliphatic heterocycles. The van der Waals surface area contributed by atoms with E-state index in [-0.39, 0.29) is 6.42 Å². The van der Waals surface area contributed by atoms with Crippen LogP contribution < -0.4 is 10.2 Å². The fourth-order valence-electron chi connectivity index (χ4n) is 3.01. The van der Waals surface area contributed by atoms with Gasteiger partial charge in [0.25, 0.3) is 0 Å². The van der Waals surface area contributed by atoms with E-state index in [2.05, 4.69) is 46.5 Å². The lowest BCUT2D eigenvalue weighted by molar-refractivity contribution is -0.136. The molecule has 3 heterocycles. The Hall–Kier alpha value is -3.52. The Morgan fingerprint density at radius 2 is 1.93 bits per heavy atom. The molecule has 0 spiro atoms. The van der Waals surface area contributed by atoms with E-state index in [4.69, 9.17) is 10.1 Å². The van der Waals surface area contributed by atoms with E-state index >= 15 is 0 Å². The minimum absolute atomic E-state index is 0.0891. The average molecular weight is 420 g/mol. The number of benzene rings is 1. The molecule has 8 heteroatoms. The minimum Gasteiger partial charge on any atom is -0.481 e. The molecule has 2 N–H and O–H groups in total. The van der Waals surface area contributed by atoms with E-state index in [0.717, 1.165) is 27.4 Å². The molecule has 0 aliphatic rings. The lowest BCUT2D eigenvalue weighted by Gasteiger charge is -2.18. The summed E-state index contributed by atoms with van der Waals surface area (Å²) in [6.07, 6.45) is 2.22. The van der Waals surface area contributed by atoms with Gasteiger partial charge in [0, 0.05) is 25.4 Å². The van der Waals surface area contributed by atoms with Gasteiger partial charge >= 0.3 is 5.97 Å². The molecule has 7 nitrogen and oxygen atoms in total. The summed E-state index contributed by atoms with van der Waals surface area (Å²) in [6.45, 7) is 2.07. The van der Waals surface area contributed by atoms with Crippen molar-refractivity contribution in [3.63, 3.8) is 0 Å². The van der Waals surface area contributed by atoms with Gasteiger partial charge in [-0.2, -0.15) is 0 Å². The van der Waals surface area contributed by atoms with Crippen LogP contribution in [0.4, 0.5) is 22.5 Å². The van der Waals surface area contributed by atoms with Gasteiger partial charge in [-0.3, -0.25) is 4.79 Å². The molecule has 0 fully saturated rings. The Bertz CT molecular complexity index is 1190. The van der Waals surface area contributed by atoms with Crippen LogP contribution in [-0.2, 0) is 11.2 Å². The number of hydrogen-bond donors (Lipinski definition) is 2. The van der Waals surface area contributed by atoms with E-state index in [9.17, 15) is 4.79 Å². The van der Waals surface area contributed by atoms with Crippen LogP contribution in [0.2, 0.25) is 0 Å². The van der Waals surface area contributed by atoms with Crippen LogP contribution in [0, 0.1) is 6.92 Å². The Kier molecular flexibility index (Phi) is 5.58. The van der Waals surface area contributed by atoms with E-state index in [1.807, 2.05) is 36.2 Å². The number of anilines is 4. The second-order valence-corrected chi connectivity index (χ2v) is 7.95. The number of rotatable bonds is 7. The lowest BCUT2D eigenvalue weighted by Crippen LogP contribution is -2.10. The van der Waals surface area contributed by atoms with E-state index < -0.39 is 5.97 Å². The number of fused-ring (bicyclic) bond motifs is 1. The molecule has 1 aromatic carbocycles. The SMILES string of the molecule is Cc1ccc(N(C)c2ccc3nc(Nc4cc(CCC(=O)O)ccn4)sc3n2)cc1. The first-order chi connectivity index (χ1) is 14.5. The van der Waals surface area contributed by atoms with Gasteiger partial charge in [-0.15, -0.1) is 0 Å². The summed E-state index contributed by atoms with van der Waals surface area (Å²) in [4.78, 5) is 27.3. The number of nitrogens with one attached hydrogen (secondary N) is 1. The topological polar surface area (TPSA) is 91.2 Å². The van der Waals surface area contributed by atoms with Crippen molar-refractivity contribution < 1.29 is 9.90 Å². The van der Waals surface area contributed by atoms with E-state index in [1.165, 1.54) is 16.9 Å². The second-order valence-electron chi connectivity index (χ2n) is 6.98. The van der Waals surface area contributed by atoms with Crippen molar-refractivity contribution in [3.05, 3.63) is 65.9 Å². The molecule has 30 heavy (non-hydrogen) atoms. The summed E-state index contributed by atoms with van der Waals surface area (Å²) in [6, 6.07) is 15.9. The van der Waals surface area contributed by atoms with Crippen molar-refractivity contribution in [2.75, 3.05) is 17.3 Å². The summed E-state index contributed by atoms with van der Waals surface area (Å²) in [5.74, 6) is 0.661. The van der Waals surface area contributed by atoms with Crippen molar-refractivity contribution in [1.82, 2.24) is 15.0 Å². The highest BCUT2D eigenvalue weighted by molar-refractivity contribution is 7.21. The number of aliphatic carboxylic acids is 1. The smallest absolute Gasteiger partial charge is 0.303 e. The van der Waals surface area contributed by atoms with Crippen LogP contribution in [0.3, 0.4) is 0 Å².